The van der Waals surface area contributed by atoms with Gasteiger partial charge >= 0.3 is 5.97 Å². The average Bonchev–Trinajstić information content (AvgIpc) is 2.39. The first-order valence-electron chi connectivity index (χ1n) is 6.83. The summed E-state index contributed by atoms with van der Waals surface area (Å²) in [6, 6.07) is 5.59. The maximum absolute atomic E-state index is 11.0. The Balaban J connectivity index is 2.10. The summed E-state index contributed by atoms with van der Waals surface area (Å²) in [7, 11) is 0. The predicted octanol–water partition coefficient (Wildman–Crippen LogP) is 2.66. The number of aryl methyl sites for hydroxylation is 1. The molecule has 2 rings (SSSR count). The fourth-order valence-corrected chi connectivity index (χ4v) is 2.82. The highest BCUT2D eigenvalue weighted by molar-refractivity contribution is 5.89. The molecule has 0 saturated heterocycles. The molecule has 0 amide bonds. The molecule has 4 heteroatoms. The van der Waals surface area contributed by atoms with Gasteiger partial charge in [-0.3, -0.25) is 0 Å². The van der Waals surface area contributed by atoms with E-state index in [2.05, 4.69) is 5.32 Å². The normalized spacial score (nSPS) is 23.1. The van der Waals surface area contributed by atoms with E-state index in [1.54, 1.807) is 19.1 Å². The minimum atomic E-state index is -0.894. The van der Waals surface area contributed by atoms with Crippen molar-refractivity contribution < 1.29 is 15.0 Å². The zero-order valence-electron chi connectivity index (χ0n) is 11.2. The van der Waals surface area contributed by atoms with Crippen LogP contribution >= 0.6 is 0 Å². The number of hydrogen-bond donors (Lipinski definition) is 3. The fraction of sp³-hybridized carbons (Fsp3) is 0.533. The number of aliphatic hydroxyl groups excluding tert-OH is 1. The number of nitrogens with one attached hydrogen (secondary N) is 1. The lowest BCUT2D eigenvalue weighted by atomic mass is 9.85. The Labute approximate surface area is 113 Å². The second kappa shape index (κ2) is 6.06. The van der Waals surface area contributed by atoms with E-state index < -0.39 is 5.97 Å². The van der Waals surface area contributed by atoms with Crippen molar-refractivity contribution in [2.75, 3.05) is 11.9 Å². The minimum absolute atomic E-state index is 0.212. The third kappa shape index (κ3) is 3.26. The molecule has 2 atom stereocenters. The van der Waals surface area contributed by atoms with Gasteiger partial charge in [-0.15, -0.1) is 0 Å². The predicted molar refractivity (Wildman–Crippen MR) is 74.6 cm³/mol. The summed E-state index contributed by atoms with van der Waals surface area (Å²) in [6.45, 7) is 2.02. The number of anilines is 1. The molecule has 4 nitrogen and oxygen atoms in total. The average molecular weight is 263 g/mol. The maximum Gasteiger partial charge on any atom is 0.335 e. The maximum atomic E-state index is 11.0. The largest absolute Gasteiger partial charge is 0.478 e. The van der Waals surface area contributed by atoms with Crippen molar-refractivity contribution in [3.8, 4) is 0 Å². The third-order valence-electron chi connectivity index (χ3n) is 3.95. The van der Waals surface area contributed by atoms with Gasteiger partial charge in [-0.1, -0.05) is 12.8 Å². The Bertz CT molecular complexity index is 459. The van der Waals surface area contributed by atoms with Crippen LogP contribution < -0.4 is 5.32 Å². The number of carboxylic acid groups (broad SMARTS) is 1. The summed E-state index contributed by atoms with van der Waals surface area (Å²) < 4.78 is 0. The monoisotopic (exact) mass is 263 g/mol. The van der Waals surface area contributed by atoms with E-state index in [4.69, 9.17) is 5.11 Å². The van der Waals surface area contributed by atoms with Crippen LogP contribution in [0.2, 0.25) is 0 Å². The van der Waals surface area contributed by atoms with Gasteiger partial charge in [0.15, 0.2) is 0 Å². The number of benzene rings is 1. The van der Waals surface area contributed by atoms with Gasteiger partial charge < -0.3 is 15.5 Å². The second-order valence-electron chi connectivity index (χ2n) is 5.31. The summed E-state index contributed by atoms with van der Waals surface area (Å²) in [5, 5.41) is 21.8. The van der Waals surface area contributed by atoms with Crippen molar-refractivity contribution in [3.63, 3.8) is 0 Å². The number of carbonyl (C=O) groups is 1. The van der Waals surface area contributed by atoms with Gasteiger partial charge in [0.25, 0.3) is 0 Å². The van der Waals surface area contributed by atoms with Crippen LogP contribution in [0, 0.1) is 12.8 Å². The molecule has 1 fully saturated rings. The van der Waals surface area contributed by atoms with Crippen LogP contribution in [-0.4, -0.2) is 28.8 Å². The molecule has 104 valence electrons. The topological polar surface area (TPSA) is 69.6 Å². The lowest BCUT2D eigenvalue weighted by Crippen LogP contribution is -2.34. The van der Waals surface area contributed by atoms with Crippen molar-refractivity contribution in [2.45, 2.75) is 38.6 Å². The Morgan fingerprint density at radius 1 is 1.37 bits per heavy atom. The van der Waals surface area contributed by atoms with Gasteiger partial charge in [0, 0.05) is 24.3 Å². The molecule has 0 spiro atoms. The number of aromatic carboxylic acids is 1. The summed E-state index contributed by atoms with van der Waals surface area (Å²) in [6.07, 6.45) is 4.48. The summed E-state index contributed by atoms with van der Waals surface area (Å²) in [5.41, 5.74) is 2.04. The molecule has 1 aromatic carbocycles. The molecule has 1 saturated carbocycles. The van der Waals surface area contributed by atoms with Gasteiger partial charge in [-0.2, -0.15) is 0 Å². The van der Waals surface area contributed by atoms with Crippen molar-refractivity contribution in [1.29, 1.82) is 0 Å². The Kier molecular flexibility index (Phi) is 4.43. The highest BCUT2D eigenvalue weighted by Gasteiger charge is 2.24. The molecule has 0 bridgehead atoms. The van der Waals surface area contributed by atoms with Gasteiger partial charge in [-0.25, -0.2) is 4.79 Å². The van der Waals surface area contributed by atoms with Crippen molar-refractivity contribution in [1.82, 2.24) is 0 Å². The van der Waals surface area contributed by atoms with E-state index in [1.807, 2.05) is 6.07 Å². The van der Waals surface area contributed by atoms with Crippen LogP contribution in [-0.2, 0) is 0 Å². The van der Waals surface area contributed by atoms with E-state index in [-0.39, 0.29) is 12.6 Å². The van der Waals surface area contributed by atoms with Gasteiger partial charge in [0.2, 0.25) is 0 Å². The van der Waals surface area contributed by atoms with Gasteiger partial charge in [0.1, 0.15) is 0 Å². The van der Waals surface area contributed by atoms with Crippen LogP contribution in [0.25, 0.3) is 0 Å². The van der Waals surface area contributed by atoms with Crippen LogP contribution in [0.4, 0.5) is 5.69 Å². The molecule has 3 N–H and O–H groups in total. The Morgan fingerprint density at radius 2 is 2.11 bits per heavy atom. The van der Waals surface area contributed by atoms with E-state index >= 15 is 0 Å². The van der Waals surface area contributed by atoms with E-state index in [1.165, 1.54) is 12.8 Å². The first-order valence-corrected chi connectivity index (χ1v) is 6.83. The molecule has 1 aliphatic rings. The summed E-state index contributed by atoms with van der Waals surface area (Å²) in [5.74, 6) is -0.594. The van der Waals surface area contributed by atoms with E-state index in [0.29, 0.717) is 11.5 Å². The number of carboxylic acids is 1. The molecule has 0 aromatic heterocycles. The zero-order valence-corrected chi connectivity index (χ0v) is 11.2. The Hall–Kier alpha value is -1.55. The highest BCUT2D eigenvalue weighted by atomic mass is 16.4. The van der Waals surface area contributed by atoms with Crippen LogP contribution in [0.5, 0.6) is 0 Å². The van der Waals surface area contributed by atoms with Crippen molar-refractivity contribution in [2.24, 2.45) is 5.92 Å². The molecular weight excluding hydrogens is 242 g/mol. The second-order valence-corrected chi connectivity index (χ2v) is 5.31. The van der Waals surface area contributed by atoms with E-state index in [9.17, 15) is 9.90 Å². The molecule has 2 unspecified atom stereocenters. The first kappa shape index (κ1) is 13.9. The number of rotatable bonds is 4. The van der Waals surface area contributed by atoms with E-state index in [0.717, 1.165) is 24.1 Å². The SMILES string of the molecule is Cc1cc(NC2CCCCC2CO)ccc1C(=O)O. The van der Waals surface area contributed by atoms with Crippen LogP contribution in [0.3, 0.4) is 0 Å². The number of aliphatic hydroxyl groups is 1. The lowest BCUT2D eigenvalue weighted by molar-refractivity contribution is 0.0696. The summed E-state index contributed by atoms with van der Waals surface area (Å²) >= 11 is 0. The van der Waals surface area contributed by atoms with Crippen molar-refractivity contribution in [3.05, 3.63) is 29.3 Å². The molecule has 0 radical (unpaired) electrons. The minimum Gasteiger partial charge on any atom is -0.478 e. The highest BCUT2D eigenvalue weighted by Crippen LogP contribution is 2.27. The van der Waals surface area contributed by atoms with Crippen LogP contribution in [0.15, 0.2) is 18.2 Å². The molecule has 0 aliphatic heterocycles. The van der Waals surface area contributed by atoms with Gasteiger partial charge in [-0.05, 0) is 43.5 Å². The summed E-state index contributed by atoms with van der Waals surface area (Å²) in [4.78, 5) is 11.0. The molecule has 1 aliphatic carbocycles. The first-order chi connectivity index (χ1) is 9.11. The van der Waals surface area contributed by atoms with Crippen molar-refractivity contribution >= 4 is 11.7 Å². The number of hydrogen-bond acceptors (Lipinski definition) is 3. The fourth-order valence-electron chi connectivity index (χ4n) is 2.82. The quantitative estimate of drug-likeness (QED) is 0.781. The van der Waals surface area contributed by atoms with Crippen LogP contribution in [0.1, 0.15) is 41.6 Å². The molecule has 0 heterocycles. The standard InChI is InChI=1S/C15H21NO3/c1-10-8-12(6-7-13(10)15(18)19)16-14-5-3-2-4-11(14)9-17/h6-8,11,14,16-17H,2-5,9H2,1H3,(H,18,19). The third-order valence-corrected chi connectivity index (χ3v) is 3.95. The molecule has 1 aromatic rings. The Morgan fingerprint density at radius 3 is 2.74 bits per heavy atom. The smallest absolute Gasteiger partial charge is 0.335 e. The zero-order chi connectivity index (χ0) is 13.8. The van der Waals surface area contributed by atoms with Gasteiger partial charge in [0.05, 0.1) is 5.56 Å². The lowest BCUT2D eigenvalue weighted by Gasteiger charge is -2.31. The molecular formula is C15H21NO3. The molecule has 19 heavy (non-hydrogen) atoms.